The fraction of sp³-hybridized carbons (Fsp3) is 0.517. The van der Waals surface area contributed by atoms with Gasteiger partial charge in [0.25, 0.3) is 0 Å². The lowest BCUT2D eigenvalue weighted by Crippen LogP contribution is -2.41. The third-order valence-electron chi connectivity index (χ3n) is 8.01. The number of hydrogen-bond acceptors (Lipinski definition) is 5. The van der Waals surface area contributed by atoms with E-state index in [1.54, 1.807) is 17.4 Å². The second-order valence-electron chi connectivity index (χ2n) is 10.5. The average molecular weight is 506 g/mol. The number of aromatic amines is 1. The van der Waals surface area contributed by atoms with Crippen molar-refractivity contribution in [3.63, 3.8) is 0 Å². The summed E-state index contributed by atoms with van der Waals surface area (Å²) in [6.07, 6.45) is 15.9. The maximum Gasteiger partial charge on any atom is 0.244 e. The third kappa shape index (κ3) is 6.01. The zero-order valence-electron chi connectivity index (χ0n) is 21.3. The first-order valence-corrected chi connectivity index (χ1v) is 14.4. The molecule has 0 bridgehead atoms. The summed E-state index contributed by atoms with van der Waals surface area (Å²) < 4.78 is 0. The summed E-state index contributed by atoms with van der Waals surface area (Å²) in [4.78, 5) is 24.5. The molecule has 0 aliphatic heterocycles. The Labute approximate surface area is 218 Å². The molecule has 192 valence electrons. The van der Waals surface area contributed by atoms with E-state index in [1.165, 1.54) is 55.8 Å². The molecule has 3 aromatic rings. The number of nitrogen functional groups attached to an aromatic ring is 1. The quantitative estimate of drug-likeness (QED) is 0.333. The number of aryl methyl sites for hydroxylation is 1. The Kier molecular flexibility index (Phi) is 8.07. The van der Waals surface area contributed by atoms with Gasteiger partial charge in [0.2, 0.25) is 5.91 Å². The Balaban J connectivity index is 1.06. The van der Waals surface area contributed by atoms with Gasteiger partial charge >= 0.3 is 0 Å². The number of aromatic nitrogens is 2. The van der Waals surface area contributed by atoms with Gasteiger partial charge in [-0.05, 0) is 94.5 Å². The van der Waals surface area contributed by atoms with Crippen LogP contribution in [0.2, 0.25) is 0 Å². The maximum atomic E-state index is 12.5. The first-order chi connectivity index (χ1) is 17.6. The molecule has 4 N–H and O–H groups in total. The molecular weight excluding hydrogens is 466 g/mol. The minimum absolute atomic E-state index is 0.0122. The van der Waals surface area contributed by atoms with Crippen molar-refractivity contribution < 1.29 is 4.79 Å². The normalized spacial score (nSPS) is 22.3. The molecule has 2 aromatic heterocycles. The summed E-state index contributed by atoms with van der Waals surface area (Å²) >= 11 is 1.68. The molecule has 0 saturated heterocycles. The summed E-state index contributed by atoms with van der Waals surface area (Å²) in [5.41, 5.74) is 9.34. The largest absolute Gasteiger partial charge is 0.375 e. The molecule has 0 unspecified atom stereocenters. The number of para-hydroxylation sites is 1. The molecule has 2 aliphatic carbocycles. The van der Waals surface area contributed by atoms with Gasteiger partial charge in [-0.1, -0.05) is 25.1 Å². The van der Waals surface area contributed by atoms with Crippen LogP contribution in [0.1, 0.15) is 68.0 Å². The van der Waals surface area contributed by atoms with Crippen molar-refractivity contribution in [3.8, 4) is 0 Å². The molecule has 6 nitrogen and oxygen atoms in total. The number of nitrogens with two attached hydrogens (primary N) is 1. The molecule has 1 aromatic carbocycles. The minimum atomic E-state index is 0.0122. The van der Waals surface area contributed by atoms with Crippen LogP contribution in [0.25, 0.3) is 17.0 Å². The molecule has 5 rings (SSSR count). The van der Waals surface area contributed by atoms with Crippen LogP contribution in [-0.2, 0) is 17.6 Å². The fourth-order valence-corrected chi connectivity index (χ4v) is 6.99. The summed E-state index contributed by atoms with van der Waals surface area (Å²) in [5, 5.41) is 5.10. The van der Waals surface area contributed by atoms with Crippen molar-refractivity contribution >= 4 is 39.4 Å². The number of carbonyl (C=O) groups excluding carboxylic acids is 1. The van der Waals surface area contributed by atoms with Crippen LogP contribution in [0.15, 0.2) is 36.5 Å². The summed E-state index contributed by atoms with van der Waals surface area (Å²) in [7, 11) is 0. The van der Waals surface area contributed by atoms with E-state index >= 15 is 0 Å². The number of nitrogens with one attached hydrogen (secondary N) is 2. The molecule has 1 atom stereocenters. The lowest BCUT2D eigenvalue weighted by Gasteiger charge is -2.36. The summed E-state index contributed by atoms with van der Waals surface area (Å²) in [5.74, 6) is 0.774. The van der Waals surface area contributed by atoms with Gasteiger partial charge in [0, 0.05) is 40.1 Å². The second kappa shape index (κ2) is 11.6. The van der Waals surface area contributed by atoms with E-state index in [0.717, 1.165) is 53.2 Å². The lowest BCUT2D eigenvalue weighted by molar-refractivity contribution is -0.117. The van der Waals surface area contributed by atoms with Crippen LogP contribution in [-0.4, -0.2) is 45.9 Å². The van der Waals surface area contributed by atoms with Crippen LogP contribution in [0, 0.1) is 5.92 Å². The highest BCUT2D eigenvalue weighted by molar-refractivity contribution is 7.15. The molecule has 0 radical (unpaired) electrons. The molecule has 1 fully saturated rings. The SMILES string of the molecule is CCCN(CCC1CCC(NC(=O)/C=C/c2c[nH]c3ccccc23)CC1)[C@H]1CCc2nc(N)sc2C1. The van der Waals surface area contributed by atoms with Gasteiger partial charge in [-0.15, -0.1) is 11.3 Å². The van der Waals surface area contributed by atoms with Gasteiger partial charge in [0.15, 0.2) is 5.13 Å². The van der Waals surface area contributed by atoms with E-state index in [2.05, 4.69) is 39.2 Å². The van der Waals surface area contributed by atoms with Gasteiger partial charge in [0.1, 0.15) is 0 Å². The smallest absolute Gasteiger partial charge is 0.244 e. The molecule has 2 heterocycles. The average Bonchev–Trinajstić information content (AvgIpc) is 3.48. The van der Waals surface area contributed by atoms with Crippen molar-refractivity contribution in [2.75, 3.05) is 18.8 Å². The predicted molar refractivity (Wildman–Crippen MR) is 150 cm³/mol. The van der Waals surface area contributed by atoms with Gasteiger partial charge in [0.05, 0.1) is 5.69 Å². The Morgan fingerprint density at radius 3 is 2.89 bits per heavy atom. The number of anilines is 1. The monoisotopic (exact) mass is 505 g/mol. The van der Waals surface area contributed by atoms with E-state index < -0.39 is 0 Å². The second-order valence-corrected chi connectivity index (χ2v) is 11.6. The summed E-state index contributed by atoms with van der Waals surface area (Å²) in [6.45, 7) is 4.63. The minimum Gasteiger partial charge on any atom is -0.375 e. The predicted octanol–water partition coefficient (Wildman–Crippen LogP) is 5.55. The number of nitrogens with zero attached hydrogens (tertiary/aromatic N) is 2. The number of rotatable bonds is 9. The molecule has 1 amide bonds. The highest BCUT2D eigenvalue weighted by Crippen LogP contribution is 2.32. The van der Waals surface area contributed by atoms with Crippen LogP contribution in [0.5, 0.6) is 0 Å². The Hall–Kier alpha value is -2.64. The van der Waals surface area contributed by atoms with E-state index in [-0.39, 0.29) is 5.91 Å². The number of thiazole rings is 1. The Morgan fingerprint density at radius 1 is 1.22 bits per heavy atom. The van der Waals surface area contributed by atoms with Crippen molar-refractivity contribution in [2.24, 2.45) is 5.92 Å². The number of hydrogen-bond donors (Lipinski definition) is 3. The molecule has 1 saturated carbocycles. The zero-order chi connectivity index (χ0) is 24.9. The van der Waals surface area contributed by atoms with Crippen molar-refractivity contribution in [1.29, 1.82) is 0 Å². The van der Waals surface area contributed by atoms with Gasteiger partial charge in [-0.3, -0.25) is 4.79 Å². The van der Waals surface area contributed by atoms with Gasteiger partial charge in [-0.25, -0.2) is 4.98 Å². The molecule has 2 aliphatic rings. The lowest BCUT2D eigenvalue weighted by atomic mass is 9.83. The van der Waals surface area contributed by atoms with Crippen molar-refractivity contribution in [3.05, 3.63) is 52.7 Å². The fourth-order valence-electron chi connectivity index (χ4n) is 6.04. The summed E-state index contributed by atoms with van der Waals surface area (Å²) in [6, 6.07) is 9.08. The van der Waals surface area contributed by atoms with E-state index in [1.807, 2.05) is 24.4 Å². The van der Waals surface area contributed by atoms with Crippen LogP contribution in [0.4, 0.5) is 5.13 Å². The number of H-pyrrole nitrogens is 1. The number of carbonyl (C=O) groups is 1. The first kappa shape index (κ1) is 25.0. The van der Waals surface area contributed by atoms with Crippen LogP contribution < -0.4 is 11.1 Å². The number of fused-ring (bicyclic) bond motifs is 2. The highest BCUT2D eigenvalue weighted by Gasteiger charge is 2.28. The van der Waals surface area contributed by atoms with E-state index in [4.69, 9.17) is 5.73 Å². The van der Waals surface area contributed by atoms with Crippen molar-refractivity contribution in [1.82, 2.24) is 20.2 Å². The first-order valence-electron chi connectivity index (χ1n) is 13.6. The van der Waals surface area contributed by atoms with Gasteiger partial charge in [-0.2, -0.15) is 0 Å². The number of benzene rings is 1. The van der Waals surface area contributed by atoms with E-state index in [0.29, 0.717) is 12.1 Å². The van der Waals surface area contributed by atoms with Crippen LogP contribution >= 0.6 is 11.3 Å². The Morgan fingerprint density at radius 2 is 2.06 bits per heavy atom. The van der Waals surface area contributed by atoms with Crippen LogP contribution in [0.3, 0.4) is 0 Å². The molecular formula is C29H39N5OS. The molecule has 7 heteroatoms. The zero-order valence-corrected chi connectivity index (χ0v) is 22.2. The maximum absolute atomic E-state index is 12.5. The third-order valence-corrected chi connectivity index (χ3v) is 8.96. The Bertz CT molecular complexity index is 1190. The standard InChI is InChI=1S/C29H39N5OS/c1-2-16-34(23-12-13-26-27(18-23)36-29(30)33-26)17-15-20-7-10-22(11-8-20)32-28(35)14-9-21-19-31-25-6-4-3-5-24(21)25/h3-6,9,14,19-20,22-23,31H,2,7-8,10-13,15-18H2,1H3,(H2,30,33)(H,32,35)/b14-9+/t20?,22?,23-/m0/s1. The highest BCUT2D eigenvalue weighted by atomic mass is 32.1. The number of amides is 1. The topological polar surface area (TPSA) is 87.0 Å². The van der Waals surface area contributed by atoms with Crippen molar-refractivity contribution in [2.45, 2.75) is 76.8 Å². The van der Waals surface area contributed by atoms with Gasteiger partial charge < -0.3 is 20.9 Å². The van der Waals surface area contributed by atoms with E-state index in [9.17, 15) is 4.79 Å². The molecule has 36 heavy (non-hydrogen) atoms. The molecule has 0 spiro atoms.